The minimum absolute atomic E-state index is 0.171. The molecule has 0 radical (unpaired) electrons. The Kier molecular flexibility index (Phi) is 5.00. The fraction of sp³-hybridized carbons (Fsp3) is 0.421. The maximum atomic E-state index is 13.8. The molecule has 4 nitrogen and oxygen atoms in total. The highest BCUT2D eigenvalue weighted by molar-refractivity contribution is 5.94. The lowest BCUT2D eigenvalue weighted by atomic mass is 10.1. The summed E-state index contributed by atoms with van der Waals surface area (Å²) in [5.41, 5.74) is 2.73. The van der Waals surface area contributed by atoms with Crippen LogP contribution in [0.25, 0.3) is 0 Å². The quantitative estimate of drug-likeness (QED) is 0.863. The maximum Gasteiger partial charge on any atom is 0.256 e. The highest BCUT2D eigenvalue weighted by Gasteiger charge is 2.23. The number of hydrogen-bond donors (Lipinski definition) is 0. The smallest absolute Gasteiger partial charge is 0.256 e. The summed E-state index contributed by atoms with van der Waals surface area (Å²) >= 11 is 0. The van der Waals surface area contributed by atoms with Gasteiger partial charge in [0.15, 0.2) is 0 Å². The van der Waals surface area contributed by atoms with Gasteiger partial charge in [-0.3, -0.25) is 9.69 Å². The third kappa shape index (κ3) is 3.51. The van der Waals surface area contributed by atoms with E-state index in [2.05, 4.69) is 35.4 Å². The summed E-state index contributed by atoms with van der Waals surface area (Å²) in [5.74, 6) is -0.645. The van der Waals surface area contributed by atoms with Gasteiger partial charge in [0.1, 0.15) is 5.82 Å². The summed E-state index contributed by atoms with van der Waals surface area (Å²) in [4.78, 5) is 16.5. The number of hydrogen-bond acceptors (Lipinski definition) is 2. The summed E-state index contributed by atoms with van der Waals surface area (Å²) < 4.78 is 16.1. The zero-order valence-electron chi connectivity index (χ0n) is 14.3. The van der Waals surface area contributed by atoms with Crippen molar-refractivity contribution < 1.29 is 9.18 Å². The Hall–Kier alpha value is -2.14. The second kappa shape index (κ2) is 7.18. The average Bonchev–Trinajstić information content (AvgIpc) is 2.91. The van der Waals surface area contributed by atoms with E-state index < -0.39 is 5.82 Å². The number of benzene rings is 1. The molecule has 24 heavy (non-hydrogen) atoms. The van der Waals surface area contributed by atoms with Crippen LogP contribution in [0.2, 0.25) is 0 Å². The van der Waals surface area contributed by atoms with Crippen LogP contribution in [0.1, 0.15) is 21.7 Å². The van der Waals surface area contributed by atoms with Crippen LogP contribution < -0.4 is 0 Å². The molecule has 1 saturated heterocycles. The number of nitrogens with zero attached hydrogens (tertiary/aromatic N) is 3. The first-order chi connectivity index (χ1) is 11.6. The Morgan fingerprint density at radius 1 is 0.958 bits per heavy atom. The van der Waals surface area contributed by atoms with E-state index in [1.807, 2.05) is 0 Å². The van der Waals surface area contributed by atoms with E-state index in [1.165, 1.54) is 17.5 Å². The van der Waals surface area contributed by atoms with Gasteiger partial charge in [-0.25, -0.2) is 4.39 Å². The van der Waals surface area contributed by atoms with Crippen molar-refractivity contribution >= 4 is 5.91 Å². The van der Waals surface area contributed by atoms with Crippen molar-refractivity contribution in [2.24, 2.45) is 0 Å². The van der Waals surface area contributed by atoms with E-state index in [-0.39, 0.29) is 11.5 Å². The Labute approximate surface area is 142 Å². The van der Waals surface area contributed by atoms with Crippen molar-refractivity contribution in [2.45, 2.75) is 20.4 Å². The average molecular weight is 329 g/mol. The predicted molar refractivity (Wildman–Crippen MR) is 92.6 cm³/mol. The monoisotopic (exact) mass is 329 g/mol. The van der Waals surface area contributed by atoms with E-state index in [4.69, 9.17) is 0 Å². The molecule has 0 saturated carbocycles. The number of carbonyl (C=O) groups is 1. The lowest BCUT2D eigenvalue weighted by Gasteiger charge is -2.35. The van der Waals surface area contributed by atoms with Crippen molar-refractivity contribution in [1.29, 1.82) is 0 Å². The van der Waals surface area contributed by atoms with Crippen molar-refractivity contribution in [1.82, 2.24) is 14.4 Å². The third-order valence-electron chi connectivity index (χ3n) is 4.82. The van der Waals surface area contributed by atoms with E-state index in [9.17, 15) is 9.18 Å². The highest BCUT2D eigenvalue weighted by atomic mass is 19.1. The van der Waals surface area contributed by atoms with Crippen LogP contribution in [0, 0.1) is 19.7 Å². The number of carbonyl (C=O) groups excluding carboxylic acids is 1. The molecule has 128 valence electrons. The molecule has 1 fully saturated rings. The van der Waals surface area contributed by atoms with Crippen molar-refractivity contribution in [3.63, 3.8) is 0 Å². The van der Waals surface area contributed by atoms with Crippen LogP contribution in [-0.4, -0.2) is 53.0 Å². The Morgan fingerprint density at radius 2 is 1.58 bits per heavy atom. The number of halogens is 1. The molecule has 3 rings (SSSR count). The molecule has 5 heteroatoms. The normalized spacial score (nSPS) is 15.7. The van der Waals surface area contributed by atoms with Crippen molar-refractivity contribution in [3.8, 4) is 0 Å². The molecule has 1 aliphatic heterocycles. The van der Waals surface area contributed by atoms with Crippen LogP contribution in [0.4, 0.5) is 4.39 Å². The van der Waals surface area contributed by atoms with Gasteiger partial charge in [0.25, 0.3) is 5.91 Å². The molecule has 1 aromatic heterocycles. The summed E-state index contributed by atoms with van der Waals surface area (Å²) in [6.07, 6.45) is 0. The van der Waals surface area contributed by atoms with Gasteiger partial charge in [-0.2, -0.15) is 0 Å². The van der Waals surface area contributed by atoms with Gasteiger partial charge in [0.2, 0.25) is 0 Å². The van der Waals surface area contributed by atoms with Gasteiger partial charge in [0, 0.05) is 50.7 Å². The standard InChI is InChI=1S/C19H24FN3O/c1-15-7-8-16(2)23(15)14-11-21-9-12-22(13-10-21)19(24)17-5-3-4-6-18(17)20/h3-8H,9-14H2,1-2H3. The van der Waals surface area contributed by atoms with Crippen LogP contribution in [0.15, 0.2) is 36.4 Å². The number of aromatic nitrogens is 1. The predicted octanol–water partition coefficient (Wildman–Crippen LogP) is 2.70. The fourth-order valence-corrected chi connectivity index (χ4v) is 3.27. The minimum atomic E-state index is -0.441. The summed E-state index contributed by atoms with van der Waals surface area (Å²) in [5, 5.41) is 0. The van der Waals surface area contributed by atoms with E-state index in [0.717, 1.165) is 26.2 Å². The van der Waals surface area contributed by atoms with Crippen molar-refractivity contribution in [2.75, 3.05) is 32.7 Å². The summed E-state index contributed by atoms with van der Waals surface area (Å²) in [6.45, 7) is 9.15. The molecule has 1 aromatic carbocycles. The number of rotatable bonds is 4. The van der Waals surface area contributed by atoms with Crippen LogP contribution in [0.5, 0.6) is 0 Å². The Balaban J connectivity index is 1.53. The largest absolute Gasteiger partial charge is 0.348 e. The molecule has 1 aliphatic rings. The number of amides is 1. The van der Waals surface area contributed by atoms with Crippen LogP contribution in [0.3, 0.4) is 0 Å². The lowest BCUT2D eigenvalue weighted by Crippen LogP contribution is -2.49. The first kappa shape index (κ1) is 16.7. The molecule has 2 aromatic rings. The summed E-state index contributed by atoms with van der Waals surface area (Å²) in [6, 6.07) is 10.5. The molecule has 0 spiro atoms. The number of aryl methyl sites for hydroxylation is 2. The fourth-order valence-electron chi connectivity index (χ4n) is 3.27. The van der Waals surface area contributed by atoms with Gasteiger partial charge in [-0.05, 0) is 38.1 Å². The number of piperazine rings is 1. The molecule has 0 unspecified atom stereocenters. The highest BCUT2D eigenvalue weighted by Crippen LogP contribution is 2.13. The topological polar surface area (TPSA) is 28.5 Å². The summed E-state index contributed by atoms with van der Waals surface area (Å²) in [7, 11) is 0. The van der Waals surface area contributed by atoms with E-state index in [0.29, 0.717) is 13.1 Å². The molecule has 0 atom stereocenters. The first-order valence-corrected chi connectivity index (χ1v) is 8.45. The molecule has 1 amide bonds. The third-order valence-corrected chi connectivity index (χ3v) is 4.82. The van der Waals surface area contributed by atoms with Gasteiger partial charge in [-0.1, -0.05) is 12.1 Å². The second-order valence-corrected chi connectivity index (χ2v) is 6.38. The molecule has 0 N–H and O–H groups in total. The second-order valence-electron chi connectivity index (χ2n) is 6.38. The van der Waals surface area contributed by atoms with Gasteiger partial charge in [-0.15, -0.1) is 0 Å². The van der Waals surface area contributed by atoms with Crippen LogP contribution >= 0.6 is 0 Å². The zero-order chi connectivity index (χ0) is 17.1. The SMILES string of the molecule is Cc1ccc(C)n1CCN1CCN(C(=O)c2ccccc2F)CC1. The van der Waals surface area contributed by atoms with Gasteiger partial charge < -0.3 is 9.47 Å². The molecule has 0 bridgehead atoms. The van der Waals surface area contributed by atoms with Crippen molar-refractivity contribution in [3.05, 3.63) is 59.2 Å². The van der Waals surface area contributed by atoms with E-state index in [1.54, 1.807) is 23.1 Å². The van der Waals surface area contributed by atoms with E-state index >= 15 is 0 Å². The van der Waals surface area contributed by atoms with Crippen LogP contribution in [-0.2, 0) is 6.54 Å². The lowest BCUT2D eigenvalue weighted by molar-refractivity contribution is 0.0628. The Morgan fingerprint density at radius 3 is 2.21 bits per heavy atom. The molecular weight excluding hydrogens is 305 g/mol. The minimum Gasteiger partial charge on any atom is -0.348 e. The first-order valence-electron chi connectivity index (χ1n) is 8.45. The molecule has 0 aliphatic carbocycles. The maximum absolute atomic E-state index is 13.8. The van der Waals surface area contributed by atoms with Gasteiger partial charge in [0.05, 0.1) is 5.56 Å². The zero-order valence-corrected chi connectivity index (χ0v) is 14.3. The Bertz CT molecular complexity index is 698. The molecule has 2 heterocycles. The van der Waals surface area contributed by atoms with Gasteiger partial charge >= 0.3 is 0 Å². The molecular formula is C19H24FN3O.